The summed E-state index contributed by atoms with van der Waals surface area (Å²) in [6.45, 7) is 0. The number of imide groups is 1. The van der Waals surface area contributed by atoms with Gasteiger partial charge in [0.25, 0.3) is 5.91 Å². The van der Waals surface area contributed by atoms with Crippen LogP contribution in [0.5, 0.6) is 11.5 Å². The van der Waals surface area contributed by atoms with Gasteiger partial charge in [0.2, 0.25) is 0 Å². The monoisotopic (exact) mass is 332 g/mol. The van der Waals surface area contributed by atoms with E-state index in [-0.39, 0.29) is 0 Å². The molecule has 0 spiro atoms. The zero-order valence-corrected chi connectivity index (χ0v) is 13.3. The molecule has 25 heavy (non-hydrogen) atoms. The van der Waals surface area contributed by atoms with Gasteiger partial charge in [-0.2, -0.15) is 0 Å². The lowest BCUT2D eigenvalue weighted by Crippen LogP contribution is -2.34. The third-order valence-corrected chi connectivity index (χ3v) is 3.55. The molecule has 0 heterocycles. The lowest BCUT2D eigenvalue weighted by molar-refractivity contribution is 0.0966. The Kier molecular flexibility index (Phi) is 4.76. The van der Waals surface area contributed by atoms with E-state index in [0.717, 1.165) is 22.6 Å². The third kappa shape index (κ3) is 4.23. The Bertz CT molecular complexity index is 873. The zero-order valence-electron chi connectivity index (χ0n) is 13.3. The Balaban J connectivity index is 1.72. The molecule has 0 saturated carbocycles. The molecule has 3 aromatic carbocycles. The Hall–Kier alpha value is -3.60. The maximum atomic E-state index is 11.7. The van der Waals surface area contributed by atoms with Crippen LogP contribution in [0.4, 0.5) is 4.79 Å². The van der Waals surface area contributed by atoms with Gasteiger partial charge in [0.15, 0.2) is 0 Å². The number of nitrogens with one attached hydrogen (secondary N) is 1. The molecular weight excluding hydrogens is 316 g/mol. The van der Waals surface area contributed by atoms with E-state index in [2.05, 4.69) is 0 Å². The molecule has 3 amide bonds. The van der Waals surface area contributed by atoms with Crippen LogP contribution in [0.25, 0.3) is 11.1 Å². The van der Waals surface area contributed by atoms with Gasteiger partial charge < -0.3 is 10.5 Å². The molecule has 5 heteroatoms. The summed E-state index contributed by atoms with van der Waals surface area (Å²) >= 11 is 0. The number of carbonyl (C=O) groups excluding carboxylic acids is 2. The van der Waals surface area contributed by atoms with Crippen molar-refractivity contribution in [3.8, 4) is 22.6 Å². The first-order valence-electron chi connectivity index (χ1n) is 7.66. The number of rotatable bonds is 4. The molecule has 0 unspecified atom stereocenters. The van der Waals surface area contributed by atoms with Crippen LogP contribution in [0, 0.1) is 0 Å². The minimum Gasteiger partial charge on any atom is -0.457 e. The van der Waals surface area contributed by atoms with Crippen molar-refractivity contribution in [2.45, 2.75) is 0 Å². The van der Waals surface area contributed by atoms with Crippen molar-refractivity contribution in [2.24, 2.45) is 5.73 Å². The van der Waals surface area contributed by atoms with E-state index in [0.29, 0.717) is 5.56 Å². The highest BCUT2D eigenvalue weighted by atomic mass is 16.5. The quantitative estimate of drug-likeness (QED) is 0.759. The number of hydrogen-bond acceptors (Lipinski definition) is 3. The standard InChI is InChI=1S/C20H16N2O3/c21-20(24)22-19(23)16-8-6-14(7-9-16)15-10-12-18(13-11-15)25-17-4-2-1-3-5-17/h1-13H,(H3,21,22,23,24). The predicted octanol–water partition coefficient (Wildman–Crippen LogP) is 3.95. The van der Waals surface area contributed by atoms with E-state index in [1.54, 1.807) is 12.1 Å². The minimum atomic E-state index is -0.872. The van der Waals surface area contributed by atoms with Gasteiger partial charge >= 0.3 is 6.03 Å². The zero-order chi connectivity index (χ0) is 17.6. The first kappa shape index (κ1) is 16.3. The number of ether oxygens (including phenoxy) is 1. The van der Waals surface area contributed by atoms with Crippen molar-refractivity contribution in [3.05, 3.63) is 84.4 Å². The SMILES string of the molecule is NC(=O)NC(=O)c1ccc(-c2ccc(Oc3ccccc3)cc2)cc1. The number of primary amides is 1. The van der Waals surface area contributed by atoms with E-state index in [1.165, 1.54) is 0 Å². The average Bonchev–Trinajstić information content (AvgIpc) is 2.63. The van der Waals surface area contributed by atoms with Crippen LogP contribution < -0.4 is 15.8 Å². The predicted molar refractivity (Wildman–Crippen MR) is 95.4 cm³/mol. The van der Waals surface area contributed by atoms with Crippen molar-refractivity contribution in [2.75, 3.05) is 0 Å². The average molecular weight is 332 g/mol. The summed E-state index contributed by atoms with van der Waals surface area (Å²) in [7, 11) is 0. The number of nitrogens with two attached hydrogens (primary N) is 1. The van der Waals surface area contributed by atoms with Crippen molar-refractivity contribution < 1.29 is 14.3 Å². The van der Waals surface area contributed by atoms with E-state index >= 15 is 0 Å². The molecule has 5 nitrogen and oxygen atoms in total. The first-order valence-corrected chi connectivity index (χ1v) is 7.66. The van der Waals surface area contributed by atoms with Crippen LogP contribution in [-0.4, -0.2) is 11.9 Å². The lowest BCUT2D eigenvalue weighted by Gasteiger charge is -2.07. The number of para-hydroxylation sites is 1. The molecule has 3 rings (SSSR count). The Morgan fingerprint density at radius 3 is 1.80 bits per heavy atom. The number of carbonyl (C=O) groups is 2. The van der Waals surface area contributed by atoms with E-state index in [4.69, 9.17) is 10.5 Å². The van der Waals surface area contributed by atoms with Crippen LogP contribution in [0.15, 0.2) is 78.9 Å². The molecule has 124 valence electrons. The highest BCUT2D eigenvalue weighted by molar-refractivity contribution is 6.03. The van der Waals surface area contributed by atoms with Crippen LogP contribution in [-0.2, 0) is 0 Å². The highest BCUT2D eigenvalue weighted by Gasteiger charge is 2.08. The van der Waals surface area contributed by atoms with Gasteiger partial charge in [-0.05, 0) is 47.5 Å². The molecule has 3 N–H and O–H groups in total. The number of benzene rings is 3. The maximum absolute atomic E-state index is 11.7. The smallest absolute Gasteiger partial charge is 0.319 e. The summed E-state index contributed by atoms with van der Waals surface area (Å²) in [5.41, 5.74) is 7.24. The molecule has 0 aliphatic heterocycles. The van der Waals surface area contributed by atoms with Gasteiger partial charge in [0, 0.05) is 5.56 Å². The molecular formula is C20H16N2O3. The maximum Gasteiger partial charge on any atom is 0.319 e. The van der Waals surface area contributed by atoms with Gasteiger partial charge in [-0.3, -0.25) is 10.1 Å². The summed E-state index contributed by atoms with van der Waals surface area (Å²) < 4.78 is 5.76. The third-order valence-electron chi connectivity index (χ3n) is 3.55. The number of hydrogen-bond donors (Lipinski definition) is 2. The Morgan fingerprint density at radius 2 is 1.24 bits per heavy atom. The summed E-state index contributed by atoms with van der Waals surface area (Å²) in [5, 5.41) is 2.03. The summed E-state index contributed by atoms with van der Waals surface area (Å²) in [4.78, 5) is 22.4. The van der Waals surface area contributed by atoms with Crippen LogP contribution in [0.2, 0.25) is 0 Å². The number of urea groups is 1. The topological polar surface area (TPSA) is 81.4 Å². The molecule has 0 radical (unpaired) electrons. The van der Waals surface area contributed by atoms with Crippen molar-refractivity contribution in [1.29, 1.82) is 0 Å². The van der Waals surface area contributed by atoms with Gasteiger partial charge in [-0.25, -0.2) is 4.79 Å². The van der Waals surface area contributed by atoms with Crippen LogP contribution in [0.3, 0.4) is 0 Å². The fourth-order valence-electron chi connectivity index (χ4n) is 2.34. The molecule has 0 saturated heterocycles. The first-order chi connectivity index (χ1) is 12.1. The van der Waals surface area contributed by atoms with Crippen LogP contribution in [0.1, 0.15) is 10.4 Å². The molecule has 0 aliphatic rings. The van der Waals surface area contributed by atoms with Gasteiger partial charge in [0.1, 0.15) is 11.5 Å². The van der Waals surface area contributed by atoms with Gasteiger partial charge in [-0.1, -0.05) is 42.5 Å². The van der Waals surface area contributed by atoms with Crippen LogP contribution >= 0.6 is 0 Å². The number of amides is 3. The summed E-state index contributed by atoms with van der Waals surface area (Å²) in [5.74, 6) is 0.998. The second-order valence-corrected chi connectivity index (χ2v) is 5.34. The molecule has 0 aliphatic carbocycles. The lowest BCUT2D eigenvalue weighted by atomic mass is 10.0. The highest BCUT2D eigenvalue weighted by Crippen LogP contribution is 2.25. The fraction of sp³-hybridized carbons (Fsp3) is 0. The second kappa shape index (κ2) is 7.31. The summed E-state index contributed by atoms with van der Waals surface area (Å²) in [6, 6.07) is 23.2. The van der Waals surface area contributed by atoms with Gasteiger partial charge in [0.05, 0.1) is 0 Å². The molecule has 3 aromatic rings. The summed E-state index contributed by atoms with van der Waals surface area (Å²) in [6.07, 6.45) is 0. The van der Waals surface area contributed by atoms with E-state index in [9.17, 15) is 9.59 Å². The normalized spacial score (nSPS) is 10.1. The minimum absolute atomic E-state index is 0.367. The Morgan fingerprint density at radius 1 is 0.720 bits per heavy atom. The van der Waals surface area contributed by atoms with Crippen molar-refractivity contribution >= 4 is 11.9 Å². The molecule has 0 aromatic heterocycles. The second-order valence-electron chi connectivity index (χ2n) is 5.34. The molecule has 0 bridgehead atoms. The molecule has 0 fully saturated rings. The van der Waals surface area contributed by atoms with Crippen molar-refractivity contribution in [1.82, 2.24) is 5.32 Å². The van der Waals surface area contributed by atoms with Gasteiger partial charge in [-0.15, -0.1) is 0 Å². The molecule has 0 atom stereocenters. The largest absolute Gasteiger partial charge is 0.457 e. The van der Waals surface area contributed by atoms with Crippen molar-refractivity contribution in [3.63, 3.8) is 0 Å². The van der Waals surface area contributed by atoms with E-state index in [1.807, 2.05) is 72.0 Å². The van der Waals surface area contributed by atoms with E-state index < -0.39 is 11.9 Å². The fourth-order valence-corrected chi connectivity index (χ4v) is 2.34. The Labute approximate surface area is 145 Å².